The van der Waals surface area contributed by atoms with Crippen molar-refractivity contribution in [2.45, 2.75) is 45.4 Å². The molecule has 8 aromatic carbocycles. The Kier molecular flexibility index (Phi) is 7.44. The maximum atomic E-state index is 6.50. The van der Waals surface area contributed by atoms with E-state index in [1.807, 2.05) is 6.07 Å². The highest BCUT2D eigenvalue weighted by atomic mass is 16.3. The molecule has 0 aliphatic heterocycles. The molecule has 0 radical (unpaired) electrons. The summed E-state index contributed by atoms with van der Waals surface area (Å²) in [5.74, 6) is 0. The lowest BCUT2D eigenvalue weighted by Crippen LogP contribution is -2.17. The molecule has 1 aliphatic rings. The lowest BCUT2D eigenvalue weighted by atomic mass is 9.79. The van der Waals surface area contributed by atoms with Gasteiger partial charge in [0.2, 0.25) is 0 Å². The van der Waals surface area contributed by atoms with E-state index in [1.165, 1.54) is 60.8 Å². The van der Waals surface area contributed by atoms with Gasteiger partial charge in [0.1, 0.15) is 11.2 Å². The zero-order valence-corrected chi connectivity index (χ0v) is 32.0. The predicted molar refractivity (Wildman–Crippen MR) is 233 cm³/mol. The summed E-state index contributed by atoms with van der Waals surface area (Å²) >= 11 is 0. The van der Waals surface area contributed by atoms with Crippen molar-refractivity contribution in [3.05, 3.63) is 187 Å². The number of fused-ring (bicyclic) bond motifs is 7. The van der Waals surface area contributed by atoms with Crippen molar-refractivity contribution in [1.29, 1.82) is 0 Å². The Balaban J connectivity index is 1.24. The molecule has 0 spiro atoms. The number of rotatable bonds is 5. The van der Waals surface area contributed by atoms with Crippen LogP contribution >= 0.6 is 0 Å². The minimum Gasteiger partial charge on any atom is -0.456 e. The first-order chi connectivity index (χ1) is 26.7. The normalized spacial score (nSPS) is 13.3. The molecule has 0 unspecified atom stereocenters. The van der Waals surface area contributed by atoms with Crippen LogP contribution in [0.25, 0.3) is 66.1 Å². The Bertz CT molecular complexity index is 2950. The van der Waals surface area contributed by atoms with E-state index in [9.17, 15) is 0 Å². The average Bonchev–Trinajstić information content (AvgIpc) is 3.70. The Morgan fingerprint density at radius 3 is 2.02 bits per heavy atom. The van der Waals surface area contributed by atoms with Gasteiger partial charge in [0.15, 0.2) is 0 Å². The van der Waals surface area contributed by atoms with E-state index in [1.54, 1.807) is 0 Å². The molecule has 0 bridgehead atoms. The van der Waals surface area contributed by atoms with E-state index in [0.717, 1.165) is 39.0 Å². The van der Waals surface area contributed by atoms with Crippen molar-refractivity contribution in [2.24, 2.45) is 0 Å². The standard InChI is InChI=1S/C53H43NO/c1-52(2,3)36-30-31-42-45(33-36)53(4,5)44-25-14-24-41(50(42)44)40-21-8-10-26-46(40)54(47-27-15-29-49-51(47)43-22-9-11-28-48(43)55-49)37-19-12-18-35(32-37)39-23-13-17-34-16-6-7-20-38(34)39/h6-33H,1-5H3. The highest BCUT2D eigenvalue weighted by molar-refractivity contribution is 6.14. The van der Waals surface area contributed by atoms with Crippen LogP contribution in [0.3, 0.4) is 0 Å². The van der Waals surface area contributed by atoms with Gasteiger partial charge >= 0.3 is 0 Å². The zero-order chi connectivity index (χ0) is 37.5. The van der Waals surface area contributed by atoms with E-state index < -0.39 is 0 Å². The molecule has 0 amide bonds. The van der Waals surface area contributed by atoms with Crippen LogP contribution in [0.4, 0.5) is 17.1 Å². The van der Waals surface area contributed by atoms with Gasteiger partial charge in [-0.2, -0.15) is 0 Å². The fraction of sp³-hybridized carbons (Fsp3) is 0.132. The monoisotopic (exact) mass is 709 g/mol. The Labute approximate surface area is 323 Å². The summed E-state index contributed by atoms with van der Waals surface area (Å²) in [4.78, 5) is 2.46. The van der Waals surface area contributed by atoms with Gasteiger partial charge < -0.3 is 9.32 Å². The summed E-state index contributed by atoms with van der Waals surface area (Å²) < 4.78 is 6.50. The number of nitrogens with zero attached hydrogens (tertiary/aromatic N) is 1. The number of hydrogen-bond donors (Lipinski definition) is 0. The maximum Gasteiger partial charge on any atom is 0.137 e. The summed E-state index contributed by atoms with van der Waals surface area (Å²) in [5, 5.41) is 4.68. The molecule has 0 atom stereocenters. The summed E-state index contributed by atoms with van der Waals surface area (Å²) in [5.41, 5.74) is 16.6. The molecule has 0 N–H and O–H groups in total. The van der Waals surface area contributed by atoms with Crippen LogP contribution in [-0.2, 0) is 10.8 Å². The van der Waals surface area contributed by atoms with E-state index in [0.29, 0.717) is 0 Å². The van der Waals surface area contributed by atoms with Crippen molar-refractivity contribution in [1.82, 2.24) is 0 Å². The molecule has 55 heavy (non-hydrogen) atoms. The van der Waals surface area contributed by atoms with E-state index >= 15 is 0 Å². The number of anilines is 3. The van der Waals surface area contributed by atoms with Gasteiger partial charge in [0.25, 0.3) is 0 Å². The molecule has 1 aromatic heterocycles. The topological polar surface area (TPSA) is 16.4 Å². The fourth-order valence-electron chi connectivity index (χ4n) is 9.01. The van der Waals surface area contributed by atoms with Gasteiger partial charge in [-0.1, -0.05) is 168 Å². The quantitative estimate of drug-likeness (QED) is 0.177. The fourth-order valence-corrected chi connectivity index (χ4v) is 9.01. The third-order valence-electron chi connectivity index (χ3n) is 11.8. The predicted octanol–water partition coefficient (Wildman–Crippen LogP) is 15.1. The summed E-state index contributed by atoms with van der Waals surface area (Å²) in [7, 11) is 0. The van der Waals surface area contributed by atoms with Crippen molar-refractivity contribution < 1.29 is 4.42 Å². The molecular weight excluding hydrogens is 667 g/mol. The summed E-state index contributed by atoms with van der Waals surface area (Å²) in [6, 6.07) is 62.1. The first-order valence-electron chi connectivity index (χ1n) is 19.4. The molecule has 0 saturated carbocycles. The maximum absolute atomic E-state index is 6.50. The lowest BCUT2D eigenvalue weighted by molar-refractivity contribution is 0.584. The minimum atomic E-state index is -0.134. The van der Waals surface area contributed by atoms with Gasteiger partial charge in [0, 0.05) is 22.1 Å². The Hall–Kier alpha value is -6.38. The highest BCUT2D eigenvalue weighted by Gasteiger charge is 2.38. The van der Waals surface area contributed by atoms with Crippen molar-refractivity contribution in [3.63, 3.8) is 0 Å². The molecule has 0 saturated heterocycles. The second-order valence-electron chi connectivity index (χ2n) is 16.5. The van der Waals surface area contributed by atoms with E-state index in [2.05, 4.69) is 203 Å². The number of hydrogen-bond acceptors (Lipinski definition) is 2. The van der Waals surface area contributed by atoms with Crippen LogP contribution < -0.4 is 4.90 Å². The van der Waals surface area contributed by atoms with Crippen molar-refractivity contribution in [2.75, 3.05) is 4.90 Å². The van der Waals surface area contributed by atoms with Crippen LogP contribution in [0.5, 0.6) is 0 Å². The minimum absolute atomic E-state index is 0.0642. The number of furan rings is 1. The van der Waals surface area contributed by atoms with Gasteiger partial charge in [0.05, 0.1) is 16.8 Å². The third-order valence-corrected chi connectivity index (χ3v) is 11.8. The van der Waals surface area contributed by atoms with Crippen LogP contribution in [0.2, 0.25) is 0 Å². The van der Waals surface area contributed by atoms with Crippen LogP contribution in [0.15, 0.2) is 174 Å². The summed E-state index contributed by atoms with van der Waals surface area (Å²) in [6.07, 6.45) is 0. The molecule has 0 fully saturated rings. The number of para-hydroxylation sites is 2. The average molecular weight is 710 g/mol. The first-order valence-corrected chi connectivity index (χ1v) is 19.4. The van der Waals surface area contributed by atoms with Gasteiger partial charge in [-0.3, -0.25) is 0 Å². The Morgan fingerprint density at radius 2 is 1.15 bits per heavy atom. The molecular formula is C53H43NO. The lowest BCUT2D eigenvalue weighted by Gasteiger charge is -2.29. The van der Waals surface area contributed by atoms with E-state index in [-0.39, 0.29) is 10.8 Å². The first kappa shape index (κ1) is 33.2. The molecule has 10 rings (SSSR count). The molecule has 2 heteroatoms. The largest absolute Gasteiger partial charge is 0.456 e. The van der Waals surface area contributed by atoms with Gasteiger partial charge in [-0.05, 0) is 97.1 Å². The molecule has 1 aliphatic carbocycles. The van der Waals surface area contributed by atoms with Crippen LogP contribution in [-0.4, -0.2) is 0 Å². The zero-order valence-electron chi connectivity index (χ0n) is 32.0. The molecule has 266 valence electrons. The molecule has 2 nitrogen and oxygen atoms in total. The second kappa shape index (κ2) is 12.3. The van der Waals surface area contributed by atoms with E-state index in [4.69, 9.17) is 4.42 Å². The third kappa shape index (κ3) is 5.23. The SMILES string of the molecule is CC(C)(C)c1ccc2c(c1)C(C)(C)c1cccc(-c3ccccc3N(c3cccc(-c4cccc5ccccc45)c3)c3cccc4oc5ccccc5c34)c1-2. The van der Waals surface area contributed by atoms with Crippen LogP contribution in [0.1, 0.15) is 51.3 Å². The smallest absolute Gasteiger partial charge is 0.137 e. The highest BCUT2D eigenvalue weighted by Crippen LogP contribution is 2.55. The number of benzene rings is 8. The Morgan fingerprint density at radius 1 is 0.491 bits per heavy atom. The summed E-state index contributed by atoms with van der Waals surface area (Å²) in [6.45, 7) is 11.7. The van der Waals surface area contributed by atoms with Crippen molar-refractivity contribution >= 4 is 49.8 Å². The van der Waals surface area contributed by atoms with Crippen LogP contribution in [0, 0.1) is 0 Å². The molecule has 1 heterocycles. The van der Waals surface area contributed by atoms with Gasteiger partial charge in [-0.15, -0.1) is 0 Å². The van der Waals surface area contributed by atoms with Gasteiger partial charge in [-0.25, -0.2) is 0 Å². The van der Waals surface area contributed by atoms with Crippen molar-refractivity contribution in [3.8, 4) is 33.4 Å². The molecule has 9 aromatic rings. The second-order valence-corrected chi connectivity index (χ2v) is 16.5.